The first-order valence-electron chi connectivity index (χ1n) is 4.88. The predicted octanol–water partition coefficient (Wildman–Crippen LogP) is 3.09. The van der Waals surface area contributed by atoms with Crippen LogP contribution in [0.5, 0.6) is 5.75 Å². The van der Waals surface area contributed by atoms with Gasteiger partial charge in [0.25, 0.3) is 0 Å². The normalized spacial score (nSPS) is 14.9. The first-order chi connectivity index (χ1) is 7.58. The third-order valence-corrected chi connectivity index (χ3v) is 2.82. The first-order valence-corrected chi connectivity index (χ1v) is 5.67. The van der Waals surface area contributed by atoms with Crippen LogP contribution in [0.2, 0.25) is 0 Å². The summed E-state index contributed by atoms with van der Waals surface area (Å²) in [6, 6.07) is 2.31. The van der Waals surface area contributed by atoms with Gasteiger partial charge in [-0.1, -0.05) is 15.9 Å². The molecule has 16 heavy (non-hydrogen) atoms. The van der Waals surface area contributed by atoms with Gasteiger partial charge in [0.1, 0.15) is 6.61 Å². The summed E-state index contributed by atoms with van der Waals surface area (Å²) in [5.74, 6) is -2.30. The molecule has 1 aromatic rings. The van der Waals surface area contributed by atoms with Crippen molar-refractivity contribution < 1.29 is 18.3 Å². The number of benzene rings is 1. The standard InChI is InChI=1S/C11H9BrF2O2/c12-7-3-8(13)11(14)10(4-7)16-5-9(15)6-1-2-6/h3-4,6H,1-2,5H2. The zero-order chi connectivity index (χ0) is 11.7. The molecule has 0 radical (unpaired) electrons. The molecule has 0 amide bonds. The summed E-state index contributed by atoms with van der Waals surface area (Å²) in [6.45, 7) is -0.197. The highest BCUT2D eigenvalue weighted by atomic mass is 79.9. The van der Waals surface area contributed by atoms with Crippen molar-refractivity contribution >= 4 is 21.7 Å². The van der Waals surface area contributed by atoms with Crippen molar-refractivity contribution in [1.29, 1.82) is 0 Å². The van der Waals surface area contributed by atoms with E-state index in [4.69, 9.17) is 4.74 Å². The van der Waals surface area contributed by atoms with Gasteiger partial charge in [0.05, 0.1) is 0 Å². The number of ether oxygens (including phenoxy) is 1. The summed E-state index contributed by atoms with van der Waals surface area (Å²) >= 11 is 3.02. The van der Waals surface area contributed by atoms with E-state index in [-0.39, 0.29) is 24.1 Å². The molecule has 86 valence electrons. The molecule has 1 aliphatic rings. The smallest absolute Gasteiger partial charge is 0.200 e. The second-order valence-electron chi connectivity index (χ2n) is 3.73. The van der Waals surface area contributed by atoms with E-state index < -0.39 is 11.6 Å². The number of ketones is 1. The Bertz CT molecular complexity index is 430. The summed E-state index contributed by atoms with van der Waals surface area (Å²) in [4.78, 5) is 11.3. The molecular formula is C11H9BrF2O2. The number of carbonyl (C=O) groups is 1. The number of rotatable bonds is 4. The van der Waals surface area contributed by atoms with Crippen molar-refractivity contribution in [2.75, 3.05) is 6.61 Å². The molecule has 2 rings (SSSR count). The molecule has 0 N–H and O–H groups in total. The number of hydrogen-bond acceptors (Lipinski definition) is 2. The molecule has 0 bridgehead atoms. The molecule has 5 heteroatoms. The van der Waals surface area contributed by atoms with Gasteiger partial charge in [-0.15, -0.1) is 0 Å². The Morgan fingerprint density at radius 1 is 1.44 bits per heavy atom. The van der Waals surface area contributed by atoms with Gasteiger partial charge in [-0.2, -0.15) is 4.39 Å². The van der Waals surface area contributed by atoms with Crippen molar-refractivity contribution in [3.8, 4) is 5.75 Å². The van der Waals surface area contributed by atoms with E-state index in [9.17, 15) is 13.6 Å². The van der Waals surface area contributed by atoms with E-state index in [0.29, 0.717) is 4.47 Å². The van der Waals surface area contributed by atoms with Crippen molar-refractivity contribution in [1.82, 2.24) is 0 Å². The molecule has 0 spiro atoms. The van der Waals surface area contributed by atoms with Crippen LogP contribution in [0.3, 0.4) is 0 Å². The molecule has 2 nitrogen and oxygen atoms in total. The largest absolute Gasteiger partial charge is 0.483 e. The molecule has 0 atom stereocenters. The van der Waals surface area contributed by atoms with Crippen molar-refractivity contribution in [2.24, 2.45) is 5.92 Å². The molecular weight excluding hydrogens is 282 g/mol. The van der Waals surface area contributed by atoms with Crippen LogP contribution in [0.25, 0.3) is 0 Å². The molecule has 1 aromatic carbocycles. The van der Waals surface area contributed by atoms with Crippen LogP contribution < -0.4 is 4.74 Å². The summed E-state index contributed by atoms with van der Waals surface area (Å²) in [5.41, 5.74) is 0. The monoisotopic (exact) mass is 290 g/mol. The van der Waals surface area contributed by atoms with Gasteiger partial charge in [-0.25, -0.2) is 4.39 Å². The zero-order valence-corrected chi connectivity index (χ0v) is 9.89. The Balaban J connectivity index is 2.05. The zero-order valence-electron chi connectivity index (χ0n) is 8.30. The Kier molecular flexibility index (Phi) is 3.23. The van der Waals surface area contributed by atoms with Crippen LogP contribution in [0.1, 0.15) is 12.8 Å². The SMILES string of the molecule is O=C(COc1cc(Br)cc(F)c1F)C1CC1. The minimum atomic E-state index is -1.06. The number of halogens is 3. The fourth-order valence-corrected chi connectivity index (χ4v) is 1.72. The molecule has 0 heterocycles. The average molecular weight is 291 g/mol. The lowest BCUT2D eigenvalue weighted by Gasteiger charge is -2.07. The van der Waals surface area contributed by atoms with Gasteiger partial charge < -0.3 is 4.74 Å². The lowest BCUT2D eigenvalue weighted by molar-refractivity contribution is -0.122. The topological polar surface area (TPSA) is 26.3 Å². The molecule has 0 unspecified atom stereocenters. The quantitative estimate of drug-likeness (QED) is 0.797. The maximum atomic E-state index is 13.2. The van der Waals surface area contributed by atoms with Gasteiger partial charge in [0.15, 0.2) is 17.3 Å². The van der Waals surface area contributed by atoms with Crippen LogP contribution in [-0.4, -0.2) is 12.4 Å². The number of Topliss-reactive ketones (excluding diaryl/α,β-unsaturated/α-hetero) is 1. The molecule has 1 fully saturated rings. The maximum Gasteiger partial charge on any atom is 0.200 e. The van der Waals surface area contributed by atoms with Crippen LogP contribution in [0.15, 0.2) is 16.6 Å². The second-order valence-corrected chi connectivity index (χ2v) is 4.64. The Morgan fingerprint density at radius 2 is 2.12 bits per heavy atom. The van der Waals surface area contributed by atoms with Crippen LogP contribution >= 0.6 is 15.9 Å². The van der Waals surface area contributed by atoms with E-state index in [1.165, 1.54) is 6.07 Å². The number of hydrogen-bond donors (Lipinski definition) is 0. The van der Waals surface area contributed by atoms with Crippen molar-refractivity contribution in [3.63, 3.8) is 0 Å². The van der Waals surface area contributed by atoms with Crippen molar-refractivity contribution in [3.05, 3.63) is 28.2 Å². The molecule has 0 aliphatic heterocycles. The van der Waals surface area contributed by atoms with Crippen molar-refractivity contribution in [2.45, 2.75) is 12.8 Å². The molecule has 0 aromatic heterocycles. The Labute approximate surface area is 99.7 Å². The Hall–Kier alpha value is -0.970. The average Bonchev–Trinajstić information content (AvgIpc) is 3.04. The van der Waals surface area contributed by atoms with Gasteiger partial charge in [-0.05, 0) is 25.0 Å². The van der Waals surface area contributed by atoms with E-state index in [1.807, 2.05) is 0 Å². The summed E-state index contributed by atoms with van der Waals surface area (Å²) in [5, 5.41) is 0. The van der Waals surface area contributed by atoms with Gasteiger partial charge in [0, 0.05) is 10.4 Å². The molecule has 1 aliphatic carbocycles. The summed E-state index contributed by atoms with van der Waals surface area (Å²) in [7, 11) is 0. The Morgan fingerprint density at radius 3 is 2.75 bits per heavy atom. The third-order valence-electron chi connectivity index (χ3n) is 2.36. The minimum absolute atomic E-state index is 0.0556. The highest BCUT2D eigenvalue weighted by molar-refractivity contribution is 9.10. The van der Waals surface area contributed by atoms with E-state index in [2.05, 4.69) is 15.9 Å². The van der Waals surface area contributed by atoms with E-state index in [0.717, 1.165) is 18.9 Å². The van der Waals surface area contributed by atoms with Crippen LogP contribution in [0.4, 0.5) is 8.78 Å². The van der Waals surface area contributed by atoms with Crippen LogP contribution in [0, 0.1) is 17.6 Å². The fourth-order valence-electron chi connectivity index (χ4n) is 1.31. The van der Waals surface area contributed by atoms with Gasteiger partial charge in [0.2, 0.25) is 5.82 Å². The van der Waals surface area contributed by atoms with Crippen LogP contribution in [-0.2, 0) is 4.79 Å². The number of carbonyl (C=O) groups excluding carboxylic acids is 1. The first kappa shape index (κ1) is 11.5. The summed E-state index contributed by atoms with van der Waals surface area (Å²) in [6.07, 6.45) is 1.75. The maximum absolute atomic E-state index is 13.2. The highest BCUT2D eigenvalue weighted by Crippen LogP contribution is 2.30. The summed E-state index contributed by atoms with van der Waals surface area (Å²) < 4.78 is 31.5. The molecule has 1 saturated carbocycles. The lowest BCUT2D eigenvalue weighted by Crippen LogP contribution is -2.13. The van der Waals surface area contributed by atoms with Gasteiger partial charge >= 0.3 is 0 Å². The minimum Gasteiger partial charge on any atom is -0.483 e. The highest BCUT2D eigenvalue weighted by Gasteiger charge is 2.29. The van der Waals surface area contributed by atoms with E-state index in [1.54, 1.807) is 0 Å². The third kappa shape index (κ3) is 2.58. The van der Waals surface area contributed by atoms with E-state index >= 15 is 0 Å². The second kappa shape index (κ2) is 4.49. The lowest BCUT2D eigenvalue weighted by atomic mass is 10.3. The predicted molar refractivity (Wildman–Crippen MR) is 57.3 cm³/mol. The van der Waals surface area contributed by atoms with Gasteiger partial charge in [-0.3, -0.25) is 4.79 Å². The fraction of sp³-hybridized carbons (Fsp3) is 0.364. The molecule has 0 saturated heterocycles.